The number of allylic oxidation sites excluding steroid dienone is 1. The summed E-state index contributed by atoms with van der Waals surface area (Å²) in [7, 11) is 1.47. The van der Waals surface area contributed by atoms with Crippen LogP contribution in [0.3, 0.4) is 0 Å². The summed E-state index contributed by atoms with van der Waals surface area (Å²) in [6.07, 6.45) is 11.1. The van der Waals surface area contributed by atoms with Gasteiger partial charge in [-0.1, -0.05) is 24.3 Å². The van der Waals surface area contributed by atoms with E-state index in [1.54, 1.807) is 12.3 Å². The van der Waals surface area contributed by atoms with E-state index in [1.165, 1.54) is 29.7 Å². The normalized spacial score (nSPS) is 15.4. The minimum Gasteiger partial charge on any atom is -0.494 e. The lowest BCUT2D eigenvalue weighted by Gasteiger charge is -2.25. The molecule has 2 aromatic heterocycles. The molecule has 1 aliphatic heterocycles. The summed E-state index contributed by atoms with van der Waals surface area (Å²) >= 11 is 0. The van der Waals surface area contributed by atoms with Crippen LogP contribution >= 0.6 is 0 Å². The molecule has 4 rings (SSSR count). The first kappa shape index (κ1) is 17.5. The predicted molar refractivity (Wildman–Crippen MR) is 106 cm³/mol. The molecule has 3 aromatic rings. The highest BCUT2D eigenvalue weighted by atomic mass is 19.1. The minimum atomic E-state index is -0.336. The molecule has 0 amide bonds. The van der Waals surface area contributed by atoms with Crippen LogP contribution in [0, 0.1) is 5.82 Å². The molecule has 0 saturated carbocycles. The van der Waals surface area contributed by atoms with E-state index < -0.39 is 0 Å². The first-order chi connectivity index (χ1) is 13.2. The largest absolute Gasteiger partial charge is 0.494 e. The number of rotatable bonds is 5. The second kappa shape index (κ2) is 7.76. The molecular formula is C22H22FN3O. The number of halogens is 1. The average molecular weight is 363 g/mol. The number of aromatic nitrogens is 2. The molecular weight excluding hydrogens is 341 g/mol. The Hall–Kier alpha value is -2.92. The molecule has 138 valence electrons. The standard InChI is InChI=1S/C22H22FN3O/c1-27-21-7-6-17(13-20(21)23)5-4-16-8-11-26(12-9-16)15-18-14-25-22-19(18)3-2-10-24-22/h2-8,10,13-14H,9,11-12,15H2,1H3,(H,24,25). The molecule has 3 heterocycles. The topological polar surface area (TPSA) is 41.1 Å². The van der Waals surface area contributed by atoms with Crippen LogP contribution in [0.1, 0.15) is 17.5 Å². The van der Waals surface area contributed by atoms with E-state index in [4.69, 9.17) is 4.74 Å². The molecule has 0 radical (unpaired) electrons. The van der Waals surface area contributed by atoms with E-state index in [9.17, 15) is 4.39 Å². The van der Waals surface area contributed by atoms with Gasteiger partial charge in [0.1, 0.15) is 5.65 Å². The molecule has 0 saturated heterocycles. The van der Waals surface area contributed by atoms with E-state index in [1.807, 2.05) is 18.2 Å². The zero-order chi connectivity index (χ0) is 18.6. The van der Waals surface area contributed by atoms with Gasteiger partial charge in [0.25, 0.3) is 0 Å². The van der Waals surface area contributed by atoms with Crippen LogP contribution < -0.4 is 4.74 Å². The third kappa shape index (κ3) is 3.93. The Morgan fingerprint density at radius 3 is 3.00 bits per heavy atom. The van der Waals surface area contributed by atoms with Crippen molar-refractivity contribution in [3.8, 4) is 5.75 Å². The van der Waals surface area contributed by atoms with Crippen molar-refractivity contribution in [2.75, 3.05) is 20.2 Å². The maximum atomic E-state index is 13.8. The van der Waals surface area contributed by atoms with Crippen molar-refractivity contribution in [2.45, 2.75) is 13.0 Å². The lowest BCUT2D eigenvalue weighted by molar-refractivity contribution is 0.288. The molecule has 1 N–H and O–H groups in total. The van der Waals surface area contributed by atoms with Crippen LogP contribution in [-0.4, -0.2) is 35.1 Å². The molecule has 0 bridgehead atoms. The number of hydrogen-bond donors (Lipinski definition) is 1. The van der Waals surface area contributed by atoms with Crippen LogP contribution in [0.15, 0.2) is 60.5 Å². The third-order valence-corrected chi connectivity index (χ3v) is 4.92. The van der Waals surface area contributed by atoms with Gasteiger partial charge in [-0.25, -0.2) is 9.37 Å². The van der Waals surface area contributed by atoms with Crippen molar-refractivity contribution < 1.29 is 9.13 Å². The van der Waals surface area contributed by atoms with E-state index in [2.05, 4.69) is 39.3 Å². The van der Waals surface area contributed by atoms with Crippen molar-refractivity contribution >= 4 is 17.1 Å². The van der Waals surface area contributed by atoms with Crippen LogP contribution in [0.25, 0.3) is 17.1 Å². The first-order valence-electron chi connectivity index (χ1n) is 9.07. The molecule has 0 atom stereocenters. The highest BCUT2D eigenvalue weighted by molar-refractivity contribution is 5.79. The van der Waals surface area contributed by atoms with Crippen LogP contribution in [-0.2, 0) is 6.54 Å². The van der Waals surface area contributed by atoms with Crippen molar-refractivity contribution in [1.82, 2.24) is 14.9 Å². The van der Waals surface area contributed by atoms with Gasteiger partial charge in [0.15, 0.2) is 11.6 Å². The molecule has 0 spiro atoms. The Morgan fingerprint density at radius 2 is 2.22 bits per heavy atom. The van der Waals surface area contributed by atoms with Gasteiger partial charge in [0.05, 0.1) is 7.11 Å². The number of methoxy groups -OCH3 is 1. The molecule has 4 nitrogen and oxygen atoms in total. The monoisotopic (exact) mass is 363 g/mol. The molecule has 5 heteroatoms. The Kier molecular flexibility index (Phi) is 5.03. The summed E-state index contributed by atoms with van der Waals surface area (Å²) < 4.78 is 18.7. The third-order valence-electron chi connectivity index (χ3n) is 4.92. The smallest absolute Gasteiger partial charge is 0.165 e. The van der Waals surface area contributed by atoms with Gasteiger partial charge in [-0.3, -0.25) is 4.90 Å². The number of aromatic amines is 1. The van der Waals surface area contributed by atoms with Crippen molar-refractivity contribution in [1.29, 1.82) is 0 Å². The molecule has 0 aliphatic carbocycles. The summed E-state index contributed by atoms with van der Waals surface area (Å²) in [6, 6.07) is 9.09. The first-order valence-corrected chi connectivity index (χ1v) is 9.07. The van der Waals surface area contributed by atoms with Crippen LogP contribution in [0.5, 0.6) is 5.75 Å². The summed E-state index contributed by atoms with van der Waals surface area (Å²) in [5, 5.41) is 1.19. The van der Waals surface area contributed by atoms with E-state index in [0.717, 1.165) is 37.3 Å². The number of ether oxygens (including phenoxy) is 1. The molecule has 0 fully saturated rings. The average Bonchev–Trinajstić information content (AvgIpc) is 3.10. The second-order valence-electron chi connectivity index (χ2n) is 6.70. The summed E-state index contributed by atoms with van der Waals surface area (Å²) in [6.45, 7) is 2.81. The summed E-state index contributed by atoms with van der Waals surface area (Å²) in [4.78, 5) is 10.00. The fraction of sp³-hybridized carbons (Fsp3) is 0.227. The second-order valence-corrected chi connectivity index (χ2v) is 6.70. The van der Waals surface area contributed by atoms with Crippen molar-refractivity contribution in [3.63, 3.8) is 0 Å². The molecule has 0 unspecified atom stereocenters. The van der Waals surface area contributed by atoms with Gasteiger partial charge >= 0.3 is 0 Å². The van der Waals surface area contributed by atoms with Gasteiger partial charge < -0.3 is 9.72 Å². The number of hydrogen-bond acceptors (Lipinski definition) is 3. The molecule has 1 aliphatic rings. The number of pyridine rings is 1. The number of H-pyrrole nitrogens is 1. The van der Waals surface area contributed by atoms with Crippen molar-refractivity contribution in [3.05, 3.63) is 77.4 Å². The van der Waals surface area contributed by atoms with Crippen LogP contribution in [0.4, 0.5) is 4.39 Å². The molecule has 27 heavy (non-hydrogen) atoms. The lowest BCUT2D eigenvalue weighted by atomic mass is 10.1. The Balaban J connectivity index is 1.39. The molecule has 1 aromatic carbocycles. The zero-order valence-corrected chi connectivity index (χ0v) is 15.3. The zero-order valence-electron chi connectivity index (χ0n) is 15.3. The number of benzene rings is 1. The minimum absolute atomic E-state index is 0.271. The fourth-order valence-corrected chi connectivity index (χ4v) is 3.40. The summed E-state index contributed by atoms with van der Waals surface area (Å²) in [5.41, 5.74) is 4.33. The van der Waals surface area contributed by atoms with Crippen molar-refractivity contribution in [2.24, 2.45) is 0 Å². The quantitative estimate of drug-likeness (QED) is 0.723. The SMILES string of the molecule is COc1ccc(C=CC2=CCN(Cc3c[nH]c4ncccc34)CC2)cc1F. The Morgan fingerprint density at radius 1 is 1.30 bits per heavy atom. The van der Waals surface area contributed by atoms with E-state index in [-0.39, 0.29) is 11.6 Å². The maximum Gasteiger partial charge on any atom is 0.165 e. The number of fused-ring (bicyclic) bond motifs is 1. The highest BCUT2D eigenvalue weighted by Crippen LogP contribution is 2.22. The fourth-order valence-electron chi connectivity index (χ4n) is 3.40. The van der Waals surface area contributed by atoms with Crippen LogP contribution in [0.2, 0.25) is 0 Å². The summed E-state index contributed by atoms with van der Waals surface area (Å²) in [5.74, 6) is -0.0659. The van der Waals surface area contributed by atoms with Gasteiger partial charge in [0.2, 0.25) is 0 Å². The van der Waals surface area contributed by atoms with Gasteiger partial charge in [0, 0.05) is 37.4 Å². The van der Waals surface area contributed by atoms with E-state index >= 15 is 0 Å². The van der Waals surface area contributed by atoms with Gasteiger partial charge in [-0.15, -0.1) is 0 Å². The number of nitrogens with one attached hydrogen (secondary N) is 1. The lowest BCUT2D eigenvalue weighted by Crippen LogP contribution is -2.27. The number of nitrogens with zero attached hydrogens (tertiary/aromatic N) is 2. The maximum absolute atomic E-state index is 13.8. The predicted octanol–water partition coefficient (Wildman–Crippen LogP) is 4.56. The Labute approximate surface area is 158 Å². The Bertz CT molecular complexity index is 1010. The van der Waals surface area contributed by atoms with E-state index in [0.29, 0.717) is 0 Å². The van der Waals surface area contributed by atoms with Gasteiger partial charge in [-0.05, 0) is 47.4 Å². The van der Waals surface area contributed by atoms with Gasteiger partial charge in [-0.2, -0.15) is 0 Å². The highest BCUT2D eigenvalue weighted by Gasteiger charge is 2.13.